The van der Waals surface area contributed by atoms with Gasteiger partial charge in [0.15, 0.2) is 0 Å². The number of carbonyl (C=O) groups is 1. The predicted octanol–water partition coefficient (Wildman–Crippen LogP) is 2.45. The number of thioether (sulfide) groups is 1. The molecule has 0 radical (unpaired) electrons. The first-order valence-corrected chi connectivity index (χ1v) is 12.6. The molecule has 1 aliphatic heterocycles. The van der Waals surface area contributed by atoms with Gasteiger partial charge in [-0.05, 0) is 42.5 Å². The van der Waals surface area contributed by atoms with E-state index in [0.717, 1.165) is 62.2 Å². The number of aryl methyl sites for hydroxylation is 2. The van der Waals surface area contributed by atoms with Crippen LogP contribution in [0.15, 0.2) is 29.3 Å². The number of amides is 1. The minimum absolute atomic E-state index is 0.0309. The van der Waals surface area contributed by atoms with Crippen LogP contribution >= 0.6 is 23.1 Å². The number of hydrogen-bond acceptors (Lipinski definition) is 7. The van der Waals surface area contributed by atoms with Crippen LogP contribution in [0.3, 0.4) is 0 Å². The van der Waals surface area contributed by atoms with Gasteiger partial charge in [0.25, 0.3) is 5.56 Å². The predicted molar refractivity (Wildman–Crippen MR) is 125 cm³/mol. The van der Waals surface area contributed by atoms with Gasteiger partial charge >= 0.3 is 0 Å². The van der Waals surface area contributed by atoms with E-state index in [1.165, 1.54) is 27.8 Å². The molecule has 4 heterocycles. The van der Waals surface area contributed by atoms with Crippen molar-refractivity contribution in [1.29, 1.82) is 0 Å². The first-order chi connectivity index (χ1) is 15.2. The van der Waals surface area contributed by atoms with Crippen LogP contribution in [0.5, 0.6) is 0 Å². The van der Waals surface area contributed by atoms with E-state index in [9.17, 15) is 9.59 Å². The Morgan fingerprint density at radius 3 is 2.77 bits per heavy atom. The Morgan fingerprint density at radius 2 is 1.97 bits per heavy atom. The topological polar surface area (TPSA) is 82.2 Å². The van der Waals surface area contributed by atoms with Crippen molar-refractivity contribution in [1.82, 2.24) is 24.8 Å². The van der Waals surface area contributed by atoms with Gasteiger partial charge in [-0.25, -0.2) is 4.98 Å². The standard InChI is InChI=1S/C22H25N5O2S2/c28-19(27-10-8-26(9-11-27)12-15-4-6-23-7-5-15)14-30-13-18-24-21(29)20-16-2-1-3-17(16)31-22(20)25-18/h4-7H,1-3,8-14H2,(H,24,25,29). The molecule has 0 bridgehead atoms. The van der Waals surface area contributed by atoms with Crippen LogP contribution in [0.1, 0.15) is 28.2 Å². The quantitative estimate of drug-likeness (QED) is 0.615. The van der Waals surface area contributed by atoms with Gasteiger partial charge in [0.1, 0.15) is 10.7 Å². The first-order valence-electron chi connectivity index (χ1n) is 10.7. The molecule has 0 aromatic carbocycles. The maximum absolute atomic E-state index is 12.6. The normalized spacial score (nSPS) is 16.7. The van der Waals surface area contributed by atoms with E-state index < -0.39 is 0 Å². The molecule has 0 saturated carbocycles. The molecule has 1 amide bonds. The van der Waals surface area contributed by atoms with Gasteiger partial charge in [0.2, 0.25) is 5.91 Å². The molecule has 0 atom stereocenters. The molecule has 3 aromatic rings. The van der Waals surface area contributed by atoms with Gasteiger partial charge < -0.3 is 9.88 Å². The van der Waals surface area contributed by atoms with Gasteiger partial charge in [-0.3, -0.25) is 19.5 Å². The zero-order valence-corrected chi connectivity index (χ0v) is 18.9. The average molecular weight is 456 g/mol. The largest absolute Gasteiger partial charge is 0.339 e. The molecule has 1 N–H and O–H groups in total. The minimum atomic E-state index is -0.0309. The van der Waals surface area contributed by atoms with Crippen LogP contribution in [-0.2, 0) is 29.9 Å². The summed E-state index contributed by atoms with van der Waals surface area (Å²) in [6.45, 7) is 4.17. The second kappa shape index (κ2) is 9.10. The number of rotatable bonds is 6. The van der Waals surface area contributed by atoms with E-state index in [-0.39, 0.29) is 11.5 Å². The molecular weight excluding hydrogens is 430 g/mol. The molecule has 1 fully saturated rings. The number of aromatic amines is 1. The second-order valence-corrected chi connectivity index (χ2v) is 10.1. The number of fused-ring (bicyclic) bond motifs is 3. The van der Waals surface area contributed by atoms with Crippen molar-refractivity contribution in [2.75, 3.05) is 31.9 Å². The zero-order chi connectivity index (χ0) is 21.2. The van der Waals surface area contributed by atoms with E-state index in [0.29, 0.717) is 17.3 Å². The molecule has 3 aromatic heterocycles. The summed E-state index contributed by atoms with van der Waals surface area (Å²) in [6, 6.07) is 4.07. The SMILES string of the molecule is O=C(CSCc1nc2sc3c(c2c(=O)[nH]1)CCC3)N1CCN(Cc2ccncc2)CC1. The van der Waals surface area contributed by atoms with E-state index >= 15 is 0 Å². The van der Waals surface area contributed by atoms with Crippen molar-refractivity contribution in [3.63, 3.8) is 0 Å². The molecule has 1 aliphatic carbocycles. The van der Waals surface area contributed by atoms with Gasteiger partial charge in [-0.1, -0.05) is 0 Å². The lowest BCUT2D eigenvalue weighted by atomic mass is 10.2. The molecule has 0 unspecified atom stereocenters. The summed E-state index contributed by atoms with van der Waals surface area (Å²) in [7, 11) is 0. The third-order valence-electron chi connectivity index (χ3n) is 5.97. The zero-order valence-electron chi connectivity index (χ0n) is 17.3. The highest BCUT2D eigenvalue weighted by molar-refractivity contribution is 7.99. The van der Waals surface area contributed by atoms with Crippen molar-refractivity contribution in [2.24, 2.45) is 0 Å². The van der Waals surface area contributed by atoms with Crippen molar-refractivity contribution in [3.05, 3.63) is 56.7 Å². The summed E-state index contributed by atoms with van der Waals surface area (Å²) in [6.07, 6.45) is 6.81. The summed E-state index contributed by atoms with van der Waals surface area (Å²) in [5, 5.41) is 0.784. The van der Waals surface area contributed by atoms with Crippen LogP contribution in [0.25, 0.3) is 10.2 Å². The number of aromatic nitrogens is 3. The summed E-state index contributed by atoms with van der Waals surface area (Å²) in [5.41, 5.74) is 2.42. The van der Waals surface area contributed by atoms with E-state index in [2.05, 4.69) is 19.9 Å². The van der Waals surface area contributed by atoms with Crippen molar-refractivity contribution >= 4 is 39.2 Å². The van der Waals surface area contributed by atoms with Gasteiger partial charge in [-0.2, -0.15) is 0 Å². The maximum atomic E-state index is 12.6. The number of nitrogens with one attached hydrogen (secondary N) is 1. The highest BCUT2D eigenvalue weighted by Crippen LogP contribution is 2.34. The van der Waals surface area contributed by atoms with Crippen molar-refractivity contribution in [2.45, 2.75) is 31.6 Å². The molecule has 5 rings (SSSR count). The lowest BCUT2D eigenvalue weighted by Crippen LogP contribution is -2.48. The summed E-state index contributed by atoms with van der Waals surface area (Å²) < 4.78 is 0. The Morgan fingerprint density at radius 1 is 1.16 bits per heavy atom. The number of thiophene rings is 1. The lowest BCUT2D eigenvalue weighted by molar-refractivity contribution is -0.130. The van der Waals surface area contributed by atoms with Gasteiger partial charge in [0.05, 0.1) is 16.9 Å². The number of H-pyrrole nitrogens is 1. The van der Waals surface area contributed by atoms with E-state index in [1.807, 2.05) is 29.4 Å². The molecule has 2 aliphatic rings. The van der Waals surface area contributed by atoms with E-state index in [4.69, 9.17) is 0 Å². The van der Waals surface area contributed by atoms with Crippen LogP contribution in [0, 0.1) is 0 Å². The Bertz CT molecular complexity index is 1140. The Kier molecular flexibility index (Phi) is 6.06. The third-order valence-corrected chi connectivity index (χ3v) is 8.08. The molecule has 7 nitrogen and oxygen atoms in total. The van der Waals surface area contributed by atoms with Crippen LogP contribution in [-0.4, -0.2) is 62.6 Å². The number of pyridine rings is 1. The first kappa shape index (κ1) is 20.7. The Labute approximate surface area is 188 Å². The van der Waals surface area contributed by atoms with Crippen LogP contribution in [0.2, 0.25) is 0 Å². The van der Waals surface area contributed by atoms with Crippen LogP contribution in [0.4, 0.5) is 0 Å². The number of nitrogens with zero attached hydrogens (tertiary/aromatic N) is 4. The molecule has 31 heavy (non-hydrogen) atoms. The third kappa shape index (κ3) is 4.53. The summed E-state index contributed by atoms with van der Waals surface area (Å²) in [5.74, 6) is 1.78. The molecular formula is C22H25N5O2S2. The average Bonchev–Trinajstić information content (AvgIpc) is 3.36. The van der Waals surface area contributed by atoms with Crippen molar-refractivity contribution in [3.8, 4) is 0 Å². The Balaban J connectivity index is 1.11. The molecule has 0 spiro atoms. The van der Waals surface area contributed by atoms with Gasteiger partial charge in [0, 0.05) is 50.0 Å². The summed E-state index contributed by atoms with van der Waals surface area (Å²) >= 11 is 3.17. The maximum Gasteiger partial charge on any atom is 0.259 e. The van der Waals surface area contributed by atoms with Crippen molar-refractivity contribution < 1.29 is 4.79 Å². The highest BCUT2D eigenvalue weighted by atomic mass is 32.2. The number of carbonyl (C=O) groups excluding carboxylic acids is 1. The molecule has 1 saturated heterocycles. The summed E-state index contributed by atoms with van der Waals surface area (Å²) in [4.78, 5) is 43.3. The van der Waals surface area contributed by atoms with Gasteiger partial charge in [-0.15, -0.1) is 23.1 Å². The number of hydrogen-bond donors (Lipinski definition) is 1. The lowest BCUT2D eigenvalue weighted by Gasteiger charge is -2.34. The Hall–Kier alpha value is -2.23. The molecule has 9 heteroatoms. The fourth-order valence-electron chi connectivity index (χ4n) is 4.34. The van der Waals surface area contributed by atoms with E-state index in [1.54, 1.807) is 11.3 Å². The minimum Gasteiger partial charge on any atom is -0.339 e. The number of piperazine rings is 1. The second-order valence-electron chi connectivity index (χ2n) is 8.06. The molecule has 162 valence electrons. The fraction of sp³-hybridized carbons (Fsp3) is 0.455. The fourth-order valence-corrected chi connectivity index (χ4v) is 6.41. The van der Waals surface area contributed by atoms with Crippen LogP contribution < -0.4 is 5.56 Å². The smallest absolute Gasteiger partial charge is 0.259 e. The monoisotopic (exact) mass is 455 g/mol. The highest BCUT2D eigenvalue weighted by Gasteiger charge is 2.22.